The van der Waals surface area contributed by atoms with Crippen molar-refractivity contribution in [2.75, 3.05) is 26.2 Å². The van der Waals surface area contributed by atoms with Crippen LogP contribution in [-0.2, 0) is 25.4 Å². The van der Waals surface area contributed by atoms with Gasteiger partial charge < -0.3 is 29.0 Å². The Morgan fingerprint density at radius 1 is 0.677 bits per heavy atom. The average Bonchev–Trinajstić information content (AvgIpc) is 3.82. The first-order chi connectivity index (χ1) is 28.1. The predicted octanol–water partition coefficient (Wildman–Crippen LogP) is 8.93. The van der Waals surface area contributed by atoms with E-state index in [-0.39, 0.29) is 98.4 Å². The number of carbonyl (C=O) groups excluding carboxylic acids is 1. The molecule has 1 N–H and O–H groups in total. The number of aromatic nitrogens is 2. The number of alkyl halides is 12. The summed E-state index contributed by atoms with van der Waals surface area (Å²) in [6, 6.07) is 9.09. The Morgan fingerprint density at radius 3 is 1.37 bits per heavy atom. The van der Waals surface area contributed by atoms with Gasteiger partial charge in [0.15, 0.2) is 6.29 Å². The number of aliphatic hydroxyl groups excluding tert-OH is 1. The molecule has 0 radical (unpaired) electrons. The van der Waals surface area contributed by atoms with Crippen LogP contribution in [0.25, 0.3) is 21.1 Å². The molecule has 6 rings (SSSR count). The quantitative estimate of drug-likeness (QED) is 0.0783. The van der Waals surface area contributed by atoms with E-state index in [1.807, 2.05) is 4.90 Å². The summed E-state index contributed by atoms with van der Waals surface area (Å²) in [6.45, 7) is 8.37. The number of nitrogens with zero attached hydrogens (tertiary/aromatic N) is 4. The van der Waals surface area contributed by atoms with Crippen LogP contribution < -0.4 is 17.0 Å². The molecule has 6 nitrogen and oxygen atoms in total. The zero-order valence-corrected chi connectivity index (χ0v) is 38.1. The second-order valence-electron chi connectivity index (χ2n) is 14.0. The SMILES string of the molecule is CCC(O)c1sc(-c2ccc(C(F)(F)F)cc2)nc1CN1CCC(C(F)(F)F)CC1.O=Cc1sc(-c2ccc(C(F)(F)F)cc2)nc1CN1CCC(C(F)(F)F)CC1.[Br-].[CH2-]C.[Mg+2]. The summed E-state index contributed by atoms with van der Waals surface area (Å²) in [6.07, 6.45) is -17.0. The summed E-state index contributed by atoms with van der Waals surface area (Å²) in [5.41, 5.74) is 0.401. The van der Waals surface area contributed by atoms with Crippen molar-refractivity contribution in [1.82, 2.24) is 19.8 Å². The van der Waals surface area contributed by atoms with Gasteiger partial charge in [0.2, 0.25) is 0 Å². The Bertz CT molecular complexity index is 1960. The summed E-state index contributed by atoms with van der Waals surface area (Å²) in [5, 5.41) is 11.2. The smallest absolute Gasteiger partial charge is 1.00 e. The standard InChI is InChI=1S/C20H22F6N2OS.C18H16F6N2OS.C2H5.BrH.Mg/c1-2-16(29)17-15(11-28-9-7-14(8-10-28)20(24,25)26)27-18(30-17)12-3-5-13(6-4-12)19(21,22)23;19-17(20,21)12-3-1-11(2-4-12)16-25-14(15(10-27)28-16)9-26-7-5-13(6-8-26)18(22,23)24;1-2;;/h3-6,14,16,29H,2,7-11H2,1H3;1-4,10,13H,5-9H2;1H2,2H3;1H;/q;;-1;;+2/p-1. The largest absolute Gasteiger partial charge is 2.00 e. The van der Waals surface area contributed by atoms with E-state index in [4.69, 9.17) is 0 Å². The van der Waals surface area contributed by atoms with Crippen LogP contribution >= 0.6 is 22.7 Å². The van der Waals surface area contributed by atoms with E-state index >= 15 is 0 Å². The van der Waals surface area contributed by atoms with E-state index in [1.54, 1.807) is 18.7 Å². The van der Waals surface area contributed by atoms with Crippen molar-refractivity contribution in [2.24, 2.45) is 11.8 Å². The minimum atomic E-state index is -4.44. The molecule has 4 heterocycles. The molecular weight excluding hydrogens is 965 g/mol. The third-order valence-electron chi connectivity index (χ3n) is 10.0. The summed E-state index contributed by atoms with van der Waals surface area (Å²) < 4.78 is 153. The molecule has 2 saturated heterocycles. The zero-order chi connectivity index (χ0) is 44.6. The Kier molecular flexibility index (Phi) is 21.3. The molecule has 1 unspecified atom stereocenters. The summed E-state index contributed by atoms with van der Waals surface area (Å²) in [4.78, 5) is 24.8. The van der Waals surface area contributed by atoms with Crippen LogP contribution in [0.4, 0.5) is 52.7 Å². The molecule has 0 bridgehead atoms. The first kappa shape index (κ1) is 55.8. The van der Waals surface area contributed by atoms with Crippen LogP contribution in [-0.4, -0.2) is 92.7 Å². The fourth-order valence-electron chi connectivity index (χ4n) is 6.60. The number of piperidine rings is 2. The number of benzene rings is 2. The van der Waals surface area contributed by atoms with Gasteiger partial charge in [-0.15, -0.1) is 22.7 Å². The van der Waals surface area contributed by atoms with E-state index < -0.39 is 53.8 Å². The maximum atomic E-state index is 12.9. The normalized spacial score (nSPS) is 16.5. The maximum Gasteiger partial charge on any atom is 2.00 e. The molecule has 0 saturated carbocycles. The Morgan fingerprint density at radius 2 is 1.03 bits per heavy atom. The van der Waals surface area contributed by atoms with Gasteiger partial charge in [0.25, 0.3) is 0 Å². The minimum Gasteiger partial charge on any atom is -1.00 e. The second-order valence-corrected chi connectivity index (χ2v) is 16.1. The van der Waals surface area contributed by atoms with Crippen molar-refractivity contribution < 1.29 is 79.6 Å². The predicted molar refractivity (Wildman–Crippen MR) is 211 cm³/mol. The number of halogens is 13. The topological polar surface area (TPSA) is 69.6 Å². The second kappa shape index (κ2) is 23.7. The van der Waals surface area contributed by atoms with Gasteiger partial charge >= 0.3 is 47.8 Å². The van der Waals surface area contributed by atoms with Gasteiger partial charge in [-0.2, -0.15) is 59.6 Å². The molecule has 2 aliphatic heterocycles. The molecule has 1 atom stereocenters. The van der Waals surface area contributed by atoms with Gasteiger partial charge in [0, 0.05) is 24.2 Å². The van der Waals surface area contributed by atoms with Crippen molar-refractivity contribution in [2.45, 2.75) is 89.9 Å². The van der Waals surface area contributed by atoms with Crippen LogP contribution in [0.3, 0.4) is 0 Å². The molecule has 2 aliphatic rings. The molecular formula is C40H43BrF12MgN4O2S2. The van der Waals surface area contributed by atoms with Crippen LogP contribution in [0.5, 0.6) is 0 Å². The van der Waals surface area contributed by atoms with Gasteiger partial charge in [0.05, 0.1) is 50.2 Å². The number of hydrogen-bond donors (Lipinski definition) is 1. The number of thiazole rings is 2. The van der Waals surface area contributed by atoms with Gasteiger partial charge in [-0.3, -0.25) is 14.6 Å². The van der Waals surface area contributed by atoms with E-state index in [1.165, 1.54) is 35.6 Å². The molecule has 62 heavy (non-hydrogen) atoms. The molecule has 2 aromatic carbocycles. The number of aldehydes is 1. The molecule has 22 heteroatoms. The van der Waals surface area contributed by atoms with Crippen molar-refractivity contribution >= 4 is 52.0 Å². The fraction of sp³-hybridized carbons (Fsp3) is 0.500. The summed E-state index contributed by atoms with van der Waals surface area (Å²) in [7, 11) is 0. The number of rotatable bonds is 9. The fourth-order valence-corrected chi connectivity index (χ4v) is 8.65. The molecule has 0 aliphatic carbocycles. The van der Waals surface area contributed by atoms with Crippen LogP contribution in [0.1, 0.15) is 89.1 Å². The van der Waals surface area contributed by atoms with Gasteiger partial charge in [-0.1, -0.05) is 31.2 Å². The zero-order valence-electron chi connectivity index (χ0n) is 33.5. The number of carbonyl (C=O) groups is 1. The molecule has 340 valence electrons. The minimum absolute atomic E-state index is 0. The average molecular weight is 1010 g/mol. The van der Waals surface area contributed by atoms with E-state index in [0.717, 1.165) is 35.6 Å². The first-order valence-corrected chi connectivity index (χ1v) is 20.5. The van der Waals surface area contributed by atoms with Crippen molar-refractivity contribution in [3.05, 3.63) is 87.7 Å². The third-order valence-corrected chi connectivity index (χ3v) is 12.3. The van der Waals surface area contributed by atoms with Gasteiger partial charge in [0.1, 0.15) is 10.0 Å². The third kappa shape index (κ3) is 15.4. The van der Waals surface area contributed by atoms with Crippen molar-refractivity contribution in [3.63, 3.8) is 0 Å². The number of likely N-dealkylation sites (tertiary alicyclic amines) is 2. The Balaban J connectivity index is 0.000000399. The van der Waals surface area contributed by atoms with Crippen LogP contribution in [0.2, 0.25) is 0 Å². The first-order valence-electron chi connectivity index (χ1n) is 18.8. The van der Waals surface area contributed by atoms with E-state index in [9.17, 15) is 62.6 Å². The molecule has 0 amide bonds. The maximum absolute atomic E-state index is 12.9. The number of aliphatic hydroxyl groups is 1. The Hall–Kier alpha value is -2.34. The van der Waals surface area contributed by atoms with Gasteiger partial charge in [-0.25, -0.2) is 9.97 Å². The summed E-state index contributed by atoms with van der Waals surface area (Å²) >= 11 is 2.26. The molecule has 4 aromatic rings. The van der Waals surface area contributed by atoms with Crippen LogP contribution in [0, 0.1) is 18.8 Å². The van der Waals surface area contributed by atoms with Crippen LogP contribution in [0.15, 0.2) is 48.5 Å². The van der Waals surface area contributed by atoms with Gasteiger partial charge in [-0.05, 0) is 82.5 Å². The van der Waals surface area contributed by atoms with Crippen molar-refractivity contribution in [3.8, 4) is 21.1 Å². The number of hydrogen-bond acceptors (Lipinski definition) is 8. The van der Waals surface area contributed by atoms with E-state index in [0.29, 0.717) is 61.5 Å². The molecule has 0 spiro atoms. The Labute approximate surface area is 386 Å². The summed E-state index contributed by atoms with van der Waals surface area (Å²) in [5.74, 6) is -2.61. The monoisotopic (exact) mass is 1010 g/mol. The molecule has 2 aromatic heterocycles. The van der Waals surface area contributed by atoms with E-state index in [2.05, 4.69) is 16.9 Å². The van der Waals surface area contributed by atoms with Crippen molar-refractivity contribution in [1.29, 1.82) is 0 Å². The molecule has 2 fully saturated rings.